The van der Waals surface area contributed by atoms with Crippen molar-refractivity contribution in [2.45, 2.75) is 13.5 Å². The maximum Gasteiger partial charge on any atom is 0.259 e. The van der Waals surface area contributed by atoms with Gasteiger partial charge in [0.1, 0.15) is 17.2 Å². The Morgan fingerprint density at radius 1 is 1.40 bits per heavy atom. The number of amides is 1. The second-order valence-corrected chi connectivity index (χ2v) is 6.76. The molecule has 0 atom stereocenters. The summed E-state index contributed by atoms with van der Waals surface area (Å²) in [5, 5.41) is 1.89. The van der Waals surface area contributed by atoms with Crippen molar-refractivity contribution in [3.8, 4) is 0 Å². The summed E-state index contributed by atoms with van der Waals surface area (Å²) < 4.78 is 28.6. The molecule has 2 aromatic rings. The van der Waals surface area contributed by atoms with Crippen LogP contribution in [-0.2, 0) is 6.54 Å². The molecular weight excluding hydrogens is 348 g/mol. The highest BCUT2D eigenvalue weighted by Gasteiger charge is 2.22. The van der Waals surface area contributed by atoms with Crippen LogP contribution in [0.1, 0.15) is 21.5 Å². The van der Waals surface area contributed by atoms with Crippen LogP contribution >= 0.6 is 27.3 Å². The van der Waals surface area contributed by atoms with E-state index in [1.165, 1.54) is 36.3 Å². The number of rotatable bonds is 3. The van der Waals surface area contributed by atoms with Gasteiger partial charge in [-0.05, 0) is 51.5 Å². The van der Waals surface area contributed by atoms with E-state index < -0.39 is 23.1 Å². The lowest BCUT2D eigenvalue weighted by Gasteiger charge is -2.17. The van der Waals surface area contributed by atoms with E-state index in [1.54, 1.807) is 0 Å². The van der Waals surface area contributed by atoms with Gasteiger partial charge in [-0.3, -0.25) is 4.79 Å². The summed E-state index contributed by atoms with van der Waals surface area (Å²) in [7, 11) is 1.52. The minimum Gasteiger partial charge on any atom is -0.337 e. The normalized spacial score (nSPS) is 10.7. The van der Waals surface area contributed by atoms with E-state index >= 15 is 0 Å². The Hall–Kier alpha value is -1.27. The van der Waals surface area contributed by atoms with E-state index in [-0.39, 0.29) is 5.56 Å². The van der Waals surface area contributed by atoms with Gasteiger partial charge in [0, 0.05) is 13.6 Å². The molecule has 0 aliphatic heterocycles. The summed E-state index contributed by atoms with van der Waals surface area (Å²) in [6.45, 7) is 1.80. The summed E-state index contributed by atoms with van der Waals surface area (Å²) in [5.41, 5.74) is 0.661. The van der Waals surface area contributed by atoms with E-state index in [2.05, 4.69) is 15.9 Å². The first-order chi connectivity index (χ1) is 9.40. The highest BCUT2D eigenvalue weighted by molar-refractivity contribution is 9.11. The monoisotopic (exact) mass is 359 g/mol. The van der Waals surface area contributed by atoms with Gasteiger partial charge in [0.05, 0.1) is 3.79 Å². The van der Waals surface area contributed by atoms with Crippen LogP contribution in [0.4, 0.5) is 8.78 Å². The van der Waals surface area contributed by atoms with Crippen LogP contribution in [0.3, 0.4) is 0 Å². The molecule has 0 saturated heterocycles. The van der Waals surface area contributed by atoms with Crippen LogP contribution in [0.15, 0.2) is 27.4 Å². The first-order valence-electron chi connectivity index (χ1n) is 5.83. The molecule has 0 unspecified atom stereocenters. The number of benzene rings is 1. The largest absolute Gasteiger partial charge is 0.337 e. The first kappa shape index (κ1) is 15.1. The Morgan fingerprint density at radius 2 is 2.10 bits per heavy atom. The molecule has 0 spiro atoms. The molecule has 1 amide bonds. The van der Waals surface area contributed by atoms with Crippen molar-refractivity contribution >= 4 is 33.2 Å². The zero-order valence-electron chi connectivity index (χ0n) is 10.9. The predicted molar refractivity (Wildman–Crippen MR) is 78.9 cm³/mol. The number of nitrogens with zero attached hydrogens (tertiary/aromatic N) is 1. The Balaban J connectivity index is 2.25. The van der Waals surface area contributed by atoms with Crippen molar-refractivity contribution < 1.29 is 13.6 Å². The fraction of sp³-hybridized carbons (Fsp3) is 0.214. The molecule has 106 valence electrons. The molecule has 0 N–H and O–H groups in total. The molecular formula is C14H12BrF2NOS. The summed E-state index contributed by atoms with van der Waals surface area (Å²) in [4.78, 5) is 13.5. The van der Waals surface area contributed by atoms with Crippen molar-refractivity contribution in [2.75, 3.05) is 7.05 Å². The summed E-state index contributed by atoms with van der Waals surface area (Å²) in [5.74, 6) is -2.30. The third-order valence-electron chi connectivity index (χ3n) is 2.89. The number of aryl methyl sites for hydroxylation is 1. The minimum atomic E-state index is -0.837. The molecule has 6 heteroatoms. The number of halogens is 3. The summed E-state index contributed by atoms with van der Waals surface area (Å²) in [6, 6.07) is 4.30. The van der Waals surface area contributed by atoms with E-state index in [4.69, 9.17) is 0 Å². The number of carbonyl (C=O) groups is 1. The number of thiophene rings is 1. The van der Waals surface area contributed by atoms with E-state index in [1.807, 2.05) is 11.4 Å². The van der Waals surface area contributed by atoms with Gasteiger partial charge in [0.2, 0.25) is 0 Å². The molecule has 0 saturated carbocycles. The predicted octanol–water partition coefficient (Wildman–Crippen LogP) is 4.37. The highest BCUT2D eigenvalue weighted by Crippen LogP contribution is 2.23. The van der Waals surface area contributed by atoms with Crippen molar-refractivity contribution in [3.05, 3.63) is 55.7 Å². The molecule has 20 heavy (non-hydrogen) atoms. The third kappa shape index (κ3) is 3.07. The topological polar surface area (TPSA) is 20.3 Å². The molecule has 2 nitrogen and oxygen atoms in total. The molecule has 0 aliphatic carbocycles. The van der Waals surface area contributed by atoms with Crippen LogP contribution in [-0.4, -0.2) is 17.9 Å². The molecule has 1 aromatic heterocycles. The van der Waals surface area contributed by atoms with Gasteiger partial charge in [-0.25, -0.2) is 8.78 Å². The molecule has 1 aromatic carbocycles. The van der Waals surface area contributed by atoms with Gasteiger partial charge in [-0.15, -0.1) is 11.3 Å². The van der Waals surface area contributed by atoms with Crippen LogP contribution in [0, 0.1) is 18.6 Å². The van der Waals surface area contributed by atoms with Crippen LogP contribution in [0.5, 0.6) is 0 Å². The van der Waals surface area contributed by atoms with Gasteiger partial charge in [0.25, 0.3) is 5.91 Å². The maximum absolute atomic E-state index is 13.9. The highest BCUT2D eigenvalue weighted by atomic mass is 79.9. The quantitative estimate of drug-likeness (QED) is 0.796. The maximum atomic E-state index is 13.9. The summed E-state index contributed by atoms with van der Waals surface area (Å²) >= 11 is 4.83. The molecule has 2 rings (SSSR count). The fourth-order valence-corrected chi connectivity index (χ4v) is 3.02. The van der Waals surface area contributed by atoms with Gasteiger partial charge in [-0.1, -0.05) is 6.07 Å². The Bertz CT molecular complexity index is 657. The lowest BCUT2D eigenvalue weighted by atomic mass is 10.1. The van der Waals surface area contributed by atoms with Gasteiger partial charge in [0.15, 0.2) is 0 Å². The lowest BCUT2D eigenvalue weighted by Crippen LogP contribution is -2.28. The smallest absolute Gasteiger partial charge is 0.259 e. The van der Waals surface area contributed by atoms with Gasteiger partial charge in [-0.2, -0.15) is 0 Å². The molecule has 0 radical (unpaired) electrons. The minimum absolute atomic E-state index is 0.251. The molecule has 0 fully saturated rings. The fourth-order valence-electron chi connectivity index (χ4n) is 1.82. The van der Waals surface area contributed by atoms with E-state index in [9.17, 15) is 13.6 Å². The Morgan fingerprint density at radius 3 is 2.70 bits per heavy atom. The lowest BCUT2D eigenvalue weighted by molar-refractivity contribution is 0.0775. The van der Waals surface area contributed by atoms with Crippen molar-refractivity contribution in [2.24, 2.45) is 0 Å². The number of hydrogen-bond donors (Lipinski definition) is 0. The molecule has 1 heterocycles. The third-order valence-corrected chi connectivity index (χ3v) is 4.44. The van der Waals surface area contributed by atoms with E-state index in [0.29, 0.717) is 6.54 Å². The zero-order valence-corrected chi connectivity index (χ0v) is 13.3. The number of carbonyl (C=O) groups excluding carboxylic acids is 1. The second kappa shape index (κ2) is 6.01. The average molecular weight is 360 g/mol. The number of hydrogen-bond acceptors (Lipinski definition) is 2. The van der Waals surface area contributed by atoms with Crippen LogP contribution < -0.4 is 0 Å². The van der Waals surface area contributed by atoms with Crippen molar-refractivity contribution in [1.29, 1.82) is 0 Å². The zero-order chi connectivity index (χ0) is 14.9. The van der Waals surface area contributed by atoms with Gasteiger partial charge < -0.3 is 4.90 Å². The average Bonchev–Trinajstić information content (AvgIpc) is 2.79. The van der Waals surface area contributed by atoms with Crippen LogP contribution in [0.25, 0.3) is 0 Å². The van der Waals surface area contributed by atoms with Gasteiger partial charge >= 0.3 is 0 Å². The Labute approximate surface area is 128 Å². The SMILES string of the molecule is Cc1ccc(F)c(C(=O)N(C)Cc2csc(Br)c2)c1F. The van der Waals surface area contributed by atoms with Crippen LogP contribution in [0.2, 0.25) is 0 Å². The standard InChI is InChI=1S/C14H12BrF2NOS/c1-8-3-4-10(16)12(13(8)17)14(19)18(2)6-9-5-11(15)20-7-9/h3-5,7H,6H2,1-2H3. The molecule has 0 bridgehead atoms. The van der Waals surface area contributed by atoms with E-state index in [0.717, 1.165) is 15.4 Å². The van der Waals surface area contributed by atoms with Crippen molar-refractivity contribution in [3.63, 3.8) is 0 Å². The molecule has 0 aliphatic rings. The first-order valence-corrected chi connectivity index (χ1v) is 7.50. The van der Waals surface area contributed by atoms with Crippen molar-refractivity contribution in [1.82, 2.24) is 4.90 Å². The second-order valence-electron chi connectivity index (χ2n) is 4.47. The summed E-state index contributed by atoms with van der Waals surface area (Å²) in [6.07, 6.45) is 0. The Kier molecular flexibility index (Phi) is 4.55.